The lowest BCUT2D eigenvalue weighted by molar-refractivity contribution is 0.102. The van der Waals surface area contributed by atoms with E-state index in [9.17, 15) is 9.18 Å². The summed E-state index contributed by atoms with van der Waals surface area (Å²) in [6.07, 6.45) is 0. The van der Waals surface area contributed by atoms with Gasteiger partial charge in [0, 0.05) is 11.3 Å². The van der Waals surface area contributed by atoms with Crippen molar-refractivity contribution < 1.29 is 9.18 Å². The molecule has 1 aromatic heterocycles. The lowest BCUT2D eigenvalue weighted by atomic mass is 10.1. The first-order chi connectivity index (χ1) is 12.6. The Morgan fingerprint density at radius 3 is 2.35 bits per heavy atom. The van der Waals surface area contributed by atoms with Gasteiger partial charge < -0.3 is 5.32 Å². The Hall–Kier alpha value is -3.54. The lowest BCUT2D eigenvalue weighted by Crippen LogP contribution is -2.11. The fourth-order valence-corrected chi connectivity index (χ4v) is 2.59. The molecule has 1 N–H and O–H groups in total. The van der Waals surface area contributed by atoms with Crippen molar-refractivity contribution in [3.63, 3.8) is 0 Å². The predicted molar refractivity (Wildman–Crippen MR) is 98.0 cm³/mol. The summed E-state index contributed by atoms with van der Waals surface area (Å²) in [7, 11) is 0. The maximum atomic E-state index is 13.1. The molecule has 4 rings (SSSR count). The van der Waals surface area contributed by atoms with Gasteiger partial charge in [0.2, 0.25) is 0 Å². The van der Waals surface area contributed by atoms with Gasteiger partial charge in [0.15, 0.2) is 0 Å². The Morgan fingerprint density at radius 1 is 0.923 bits per heavy atom. The first kappa shape index (κ1) is 16.0. The van der Waals surface area contributed by atoms with E-state index in [1.165, 1.54) is 16.9 Å². The third-order valence-corrected chi connectivity index (χ3v) is 4.01. The molecular formula is C20H15FN4O. The molecule has 0 aliphatic heterocycles. The minimum atomic E-state index is -0.313. The topological polar surface area (TPSA) is 59.8 Å². The maximum absolute atomic E-state index is 13.1. The number of carbonyl (C=O) groups excluding carboxylic acids is 1. The highest BCUT2D eigenvalue weighted by Crippen LogP contribution is 2.18. The van der Waals surface area contributed by atoms with Crippen molar-refractivity contribution in [2.45, 2.75) is 6.92 Å². The fraction of sp³-hybridized carbons (Fsp3) is 0.0500. The number of nitrogens with zero attached hydrogens (tertiary/aromatic N) is 3. The van der Waals surface area contributed by atoms with E-state index >= 15 is 0 Å². The van der Waals surface area contributed by atoms with Gasteiger partial charge in [0.1, 0.15) is 16.9 Å². The van der Waals surface area contributed by atoms with Crippen LogP contribution in [0.5, 0.6) is 0 Å². The van der Waals surface area contributed by atoms with Crippen LogP contribution in [0, 0.1) is 12.7 Å². The van der Waals surface area contributed by atoms with Gasteiger partial charge in [-0.15, -0.1) is 10.2 Å². The molecule has 0 atom stereocenters. The molecule has 1 heterocycles. The van der Waals surface area contributed by atoms with Crippen LogP contribution < -0.4 is 5.32 Å². The Bertz CT molecular complexity index is 1090. The van der Waals surface area contributed by atoms with Crippen molar-refractivity contribution in [1.29, 1.82) is 0 Å². The van der Waals surface area contributed by atoms with Crippen LogP contribution in [0.2, 0.25) is 0 Å². The number of benzene rings is 3. The van der Waals surface area contributed by atoms with E-state index < -0.39 is 0 Å². The van der Waals surface area contributed by atoms with Crippen molar-refractivity contribution in [2.75, 3.05) is 5.32 Å². The van der Waals surface area contributed by atoms with E-state index in [0.29, 0.717) is 28.0 Å². The summed E-state index contributed by atoms with van der Waals surface area (Å²) in [5.74, 6) is -0.498. The van der Waals surface area contributed by atoms with Crippen LogP contribution >= 0.6 is 0 Å². The van der Waals surface area contributed by atoms with Gasteiger partial charge in [-0.05, 0) is 61.5 Å². The second-order valence-electron chi connectivity index (χ2n) is 5.99. The number of aryl methyl sites for hydroxylation is 1. The summed E-state index contributed by atoms with van der Waals surface area (Å²) in [6.45, 7) is 1.97. The molecule has 0 fully saturated rings. The first-order valence-corrected chi connectivity index (χ1v) is 8.09. The average Bonchev–Trinajstić information content (AvgIpc) is 3.06. The molecule has 4 aromatic rings. The Morgan fingerprint density at radius 2 is 1.62 bits per heavy atom. The van der Waals surface area contributed by atoms with Gasteiger partial charge in [-0.3, -0.25) is 4.79 Å². The van der Waals surface area contributed by atoms with Crippen LogP contribution in [0.25, 0.3) is 16.7 Å². The van der Waals surface area contributed by atoms with E-state index in [0.717, 1.165) is 5.56 Å². The molecule has 0 aliphatic carbocycles. The van der Waals surface area contributed by atoms with Crippen molar-refractivity contribution >= 4 is 22.6 Å². The van der Waals surface area contributed by atoms with Crippen molar-refractivity contribution in [1.82, 2.24) is 15.0 Å². The van der Waals surface area contributed by atoms with Crippen molar-refractivity contribution in [2.24, 2.45) is 0 Å². The normalized spacial score (nSPS) is 10.8. The molecule has 0 saturated carbocycles. The molecule has 0 bridgehead atoms. The molecule has 0 unspecified atom stereocenters. The zero-order valence-electron chi connectivity index (χ0n) is 14.0. The third kappa shape index (κ3) is 3.17. The van der Waals surface area contributed by atoms with Gasteiger partial charge in [-0.1, -0.05) is 17.7 Å². The molecule has 0 aliphatic rings. The van der Waals surface area contributed by atoms with Gasteiger partial charge in [-0.25, -0.2) is 4.39 Å². The monoisotopic (exact) mass is 346 g/mol. The first-order valence-electron chi connectivity index (χ1n) is 8.09. The molecule has 0 saturated heterocycles. The Balaban J connectivity index is 1.60. The van der Waals surface area contributed by atoms with Crippen LogP contribution in [0.4, 0.5) is 10.1 Å². The fourth-order valence-electron chi connectivity index (χ4n) is 2.59. The number of nitrogens with one attached hydrogen (secondary N) is 1. The van der Waals surface area contributed by atoms with E-state index in [2.05, 4.69) is 15.5 Å². The number of rotatable bonds is 3. The molecular weight excluding hydrogens is 331 g/mol. The average molecular weight is 346 g/mol. The SMILES string of the molecule is Cc1ccc(C(=O)Nc2ccc3nn(-c4ccc(F)cc4)nc3c2)cc1. The van der Waals surface area contributed by atoms with E-state index in [1.807, 2.05) is 19.1 Å². The minimum absolute atomic E-state index is 0.185. The van der Waals surface area contributed by atoms with Crippen LogP contribution in [0.1, 0.15) is 15.9 Å². The van der Waals surface area contributed by atoms with Gasteiger partial charge in [0.05, 0.1) is 5.69 Å². The van der Waals surface area contributed by atoms with Gasteiger partial charge in [-0.2, -0.15) is 4.80 Å². The molecule has 6 heteroatoms. The van der Waals surface area contributed by atoms with Crippen molar-refractivity contribution in [3.05, 3.63) is 83.7 Å². The number of amides is 1. The zero-order valence-corrected chi connectivity index (χ0v) is 14.0. The number of halogens is 1. The minimum Gasteiger partial charge on any atom is -0.322 e. The third-order valence-electron chi connectivity index (χ3n) is 4.01. The molecule has 3 aromatic carbocycles. The van der Waals surface area contributed by atoms with Gasteiger partial charge in [0.25, 0.3) is 5.91 Å². The number of anilines is 1. The molecule has 5 nitrogen and oxygen atoms in total. The van der Waals surface area contributed by atoms with E-state index in [-0.39, 0.29) is 11.7 Å². The highest BCUT2D eigenvalue weighted by molar-refractivity contribution is 6.04. The predicted octanol–water partition coefficient (Wildman–Crippen LogP) is 4.12. The Labute approximate surface area is 149 Å². The van der Waals surface area contributed by atoms with E-state index in [1.54, 1.807) is 42.5 Å². The largest absolute Gasteiger partial charge is 0.322 e. The van der Waals surface area contributed by atoms with Crippen LogP contribution in [0.3, 0.4) is 0 Å². The summed E-state index contributed by atoms with van der Waals surface area (Å²) in [6, 6.07) is 18.6. The smallest absolute Gasteiger partial charge is 0.255 e. The molecule has 128 valence electrons. The molecule has 0 radical (unpaired) electrons. The van der Waals surface area contributed by atoms with Crippen molar-refractivity contribution in [3.8, 4) is 5.69 Å². The standard InChI is InChI=1S/C20H15FN4O/c1-13-2-4-14(5-3-13)20(26)22-16-8-11-18-19(12-16)24-25(23-18)17-9-6-15(21)7-10-17/h2-12H,1H3,(H,22,26). The van der Waals surface area contributed by atoms with Crippen LogP contribution in [-0.2, 0) is 0 Å². The van der Waals surface area contributed by atoms with Gasteiger partial charge >= 0.3 is 0 Å². The maximum Gasteiger partial charge on any atom is 0.255 e. The quantitative estimate of drug-likeness (QED) is 0.607. The molecule has 1 amide bonds. The number of fused-ring (bicyclic) bond motifs is 1. The second kappa shape index (κ2) is 6.40. The van der Waals surface area contributed by atoms with Crippen LogP contribution in [-0.4, -0.2) is 20.9 Å². The summed E-state index contributed by atoms with van der Waals surface area (Å²) in [5.41, 5.74) is 4.30. The number of hydrogen-bond donors (Lipinski definition) is 1. The summed E-state index contributed by atoms with van der Waals surface area (Å²) >= 11 is 0. The molecule has 0 spiro atoms. The summed E-state index contributed by atoms with van der Waals surface area (Å²) < 4.78 is 13.1. The Kier molecular flexibility index (Phi) is 3.93. The summed E-state index contributed by atoms with van der Waals surface area (Å²) in [5, 5.41) is 11.6. The van der Waals surface area contributed by atoms with E-state index in [4.69, 9.17) is 0 Å². The second-order valence-corrected chi connectivity index (χ2v) is 5.99. The summed E-state index contributed by atoms with van der Waals surface area (Å²) in [4.78, 5) is 13.8. The number of hydrogen-bond acceptors (Lipinski definition) is 3. The highest BCUT2D eigenvalue weighted by atomic mass is 19.1. The number of carbonyl (C=O) groups is 1. The zero-order chi connectivity index (χ0) is 18.1. The highest BCUT2D eigenvalue weighted by Gasteiger charge is 2.09. The number of aromatic nitrogens is 3. The van der Waals surface area contributed by atoms with Crippen LogP contribution in [0.15, 0.2) is 66.7 Å². The lowest BCUT2D eigenvalue weighted by Gasteiger charge is -2.05. The molecule has 26 heavy (non-hydrogen) atoms.